The number of rotatable bonds is 3. The first-order chi connectivity index (χ1) is 15.0. The van der Waals surface area contributed by atoms with E-state index < -0.39 is 6.04 Å². The molecule has 1 amide bonds. The van der Waals surface area contributed by atoms with Gasteiger partial charge in [0, 0.05) is 16.4 Å². The number of hydrogen-bond acceptors (Lipinski definition) is 3. The van der Waals surface area contributed by atoms with Crippen LogP contribution in [0.5, 0.6) is 0 Å². The maximum absolute atomic E-state index is 14.2. The van der Waals surface area contributed by atoms with Crippen molar-refractivity contribution in [1.29, 1.82) is 0 Å². The zero-order valence-corrected chi connectivity index (χ0v) is 17.3. The summed E-state index contributed by atoms with van der Waals surface area (Å²) in [6, 6.07) is 20.3. The number of carbonyl (C=O) groups is 1. The van der Waals surface area contributed by atoms with Crippen molar-refractivity contribution in [2.75, 3.05) is 10.6 Å². The fourth-order valence-corrected chi connectivity index (χ4v) is 4.11. The van der Waals surface area contributed by atoms with Crippen LogP contribution in [0.3, 0.4) is 0 Å². The van der Waals surface area contributed by atoms with Crippen molar-refractivity contribution in [3.05, 3.63) is 100 Å². The average Bonchev–Trinajstić information content (AvgIpc) is 3.12. The van der Waals surface area contributed by atoms with Crippen LogP contribution >= 0.6 is 11.6 Å². The Morgan fingerprint density at radius 1 is 1.10 bits per heavy atom. The lowest BCUT2D eigenvalue weighted by atomic mass is 9.94. The third kappa shape index (κ3) is 3.45. The Hall–Kier alpha value is -3.64. The van der Waals surface area contributed by atoms with Gasteiger partial charge in [-0.25, -0.2) is 9.37 Å². The van der Waals surface area contributed by atoms with Crippen LogP contribution in [0.1, 0.15) is 18.5 Å². The van der Waals surface area contributed by atoms with E-state index in [4.69, 9.17) is 11.6 Å². The molecule has 0 aliphatic carbocycles. The quantitative estimate of drug-likeness (QED) is 0.433. The Bertz CT molecular complexity index is 1340. The fourth-order valence-electron chi connectivity index (χ4n) is 3.98. The van der Waals surface area contributed by atoms with Crippen molar-refractivity contribution < 1.29 is 9.18 Å². The second kappa shape index (κ2) is 7.56. The van der Waals surface area contributed by atoms with E-state index in [9.17, 15) is 9.18 Å². The molecular weight excluding hydrogens is 415 g/mol. The molecule has 154 valence electrons. The second-order valence-electron chi connectivity index (χ2n) is 7.38. The molecule has 1 aliphatic heterocycles. The summed E-state index contributed by atoms with van der Waals surface area (Å²) in [6.07, 6.45) is 0. The monoisotopic (exact) mass is 432 g/mol. The molecule has 0 unspecified atom stereocenters. The molecule has 1 atom stereocenters. The molecule has 2 N–H and O–H groups in total. The minimum atomic E-state index is -0.549. The maximum Gasteiger partial charge on any atom is 0.255 e. The molecule has 0 saturated carbocycles. The summed E-state index contributed by atoms with van der Waals surface area (Å²) >= 11 is 5.96. The normalized spacial score (nSPS) is 15.5. The molecule has 0 fully saturated rings. The number of aromatic nitrogens is 2. The molecular formula is C24H18ClFN4O. The van der Waals surface area contributed by atoms with E-state index in [1.807, 2.05) is 41.8 Å². The van der Waals surface area contributed by atoms with Gasteiger partial charge in [0.05, 0.1) is 22.6 Å². The molecule has 0 saturated heterocycles. The Kier molecular flexibility index (Phi) is 4.71. The number of carbonyl (C=O) groups excluding carboxylic acids is 1. The lowest BCUT2D eigenvalue weighted by Gasteiger charge is -2.30. The summed E-state index contributed by atoms with van der Waals surface area (Å²) in [5.74, 6) is -0.0434. The van der Waals surface area contributed by atoms with Gasteiger partial charge >= 0.3 is 0 Å². The van der Waals surface area contributed by atoms with E-state index in [0.717, 1.165) is 11.0 Å². The molecule has 2 heterocycles. The summed E-state index contributed by atoms with van der Waals surface area (Å²) in [4.78, 5) is 18.1. The van der Waals surface area contributed by atoms with E-state index in [-0.39, 0.29) is 11.7 Å². The number of para-hydroxylation sites is 2. The molecule has 0 bridgehead atoms. The van der Waals surface area contributed by atoms with Gasteiger partial charge in [0.2, 0.25) is 5.95 Å². The Balaban J connectivity index is 1.66. The summed E-state index contributed by atoms with van der Waals surface area (Å²) < 4.78 is 16.1. The molecule has 0 spiro atoms. The topological polar surface area (TPSA) is 59.0 Å². The molecule has 1 aliphatic rings. The molecule has 0 radical (unpaired) electrons. The van der Waals surface area contributed by atoms with E-state index in [1.54, 1.807) is 30.3 Å². The van der Waals surface area contributed by atoms with Gasteiger partial charge in [-0.1, -0.05) is 35.9 Å². The average molecular weight is 433 g/mol. The Morgan fingerprint density at radius 2 is 1.87 bits per heavy atom. The number of halogens is 2. The number of hydrogen-bond donors (Lipinski definition) is 2. The Morgan fingerprint density at radius 3 is 2.65 bits per heavy atom. The highest BCUT2D eigenvalue weighted by molar-refractivity contribution is 6.30. The Labute approximate surface area is 183 Å². The summed E-state index contributed by atoms with van der Waals surface area (Å²) in [5.41, 5.74) is 4.06. The van der Waals surface area contributed by atoms with Crippen molar-refractivity contribution in [1.82, 2.24) is 9.55 Å². The van der Waals surface area contributed by atoms with Gasteiger partial charge in [-0.3, -0.25) is 9.36 Å². The van der Waals surface area contributed by atoms with Crippen LogP contribution in [0.15, 0.2) is 84.1 Å². The number of amides is 1. The highest BCUT2D eigenvalue weighted by Crippen LogP contribution is 2.39. The lowest BCUT2D eigenvalue weighted by Crippen LogP contribution is -2.31. The van der Waals surface area contributed by atoms with Gasteiger partial charge in [0.15, 0.2) is 0 Å². The highest BCUT2D eigenvalue weighted by atomic mass is 35.5. The van der Waals surface area contributed by atoms with Crippen LogP contribution in [-0.2, 0) is 4.79 Å². The summed E-state index contributed by atoms with van der Waals surface area (Å²) in [6.45, 7) is 1.83. The van der Waals surface area contributed by atoms with Crippen LogP contribution in [0, 0.1) is 5.82 Å². The van der Waals surface area contributed by atoms with Gasteiger partial charge < -0.3 is 10.6 Å². The van der Waals surface area contributed by atoms with E-state index in [1.165, 1.54) is 12.1 Å². The third-order valence-electron chi connectivity index (χ3n) is 5.34. The number of imidazole rings is 1. The first-order valence-electron chi connectivity index (χ1n) is 9.78. The molecule has 7 heteroatoms. The van der Waals surface area contributed by atoms with E-state index in [0.29, 0.717) is 33.5 Å². The van der Waals surface area contributed by atoms with Crippen LogP contribution in [-0.4, -0.2) is 15.5 Å². The number of nitrogens with one attached hydrogen (secondary N) is 2. The van der Waals surface area contributed by atoms with Crippen LogP contribution in [0.25, 0.3) is 11.0 Å². The molecule has 31 heavy (non-hydrogen) atoms. The number of anilines is 2. The molecule has 3 aromatic carbocycles. The predicted molar refractivity (Wildman–Crippen MR) is 121 cm³/mol. The van der Waals surface area contributed by atoms with Gasteiger partial charge in [-0.05, 0) is 61.0 Å². The first kappa shape index (κ1) is 19.3. The van der Waals surface area contributed by atoms with Crippen molar-refractivity contribution in [2.45, 2.75) is 13.0 Å². The number of allylic oxidation sites excluding steroid dienone is 1. The van der Waals surface area contributed by atoms with Crippen molar-refractivity contribution >= 4 is 40.2 Å². The predicted octanol–water partition coefficient (Wildman–Crippen LogP) is 5.76. The smallest absolute Gasteiger partial charge is 0.255 e. The van der Waals surface area contributed by atoms with E-state index >= 15 is 0 Å². The van der Waals surface area contributed by atoms with Crippen molar-refractivity contribution in [3.8, 4) is 0 Å². The first-order valence-corrected chi connectivity index (χ1v) is 10.2. The van der Waals surface area contributed by atoms with Crippen LogP contribution < -0.4 is 10.6 Å². The van der Waals surface area contributed by atoms with Crippen molar-refractivity contribution in [2.24, 2.45) is 0 Å². The zero-order chi connectivity index (χ0) is 21.5. The van der Waals surface area contributed by atoms with E-state index in [2.05, 4.69) is 15.6 Å². The number of nitrogens with zero attached hydrogens (tertiary/aromatic N) is 2. The second-order valence-corrected chi connectivity index (χ2v) is 7.81. The number of fused-ring (bicyclic) bond motifs is 3. The van der Waals surface area contributed by atoms with Gasteiger partial charge in [0.25, 0.3) is 5.91 Å². The molecule has 5 rings (SSSR count). The summed E-state index contributed by atoms with van der Waals surface area (Å²) in [5, 5.41) is 6.76. The number of benzene rings is 3. The molecule has 5 nitrogen and oxygen atoms in total. The SMILES string of the molecule is CC1=C(C(=O)Nc2ccc(Cl)cc2)[C@H](c2cccc(F)c2)n2c(nc3ccccc32)N1. The van der Waals surface area contributed by atoms with Crippen LogP contribution in [0.2, 0.25) is 5.02 Å². The fraction of sp³-hybridized carbons (Fsp3) is 0.0833. The lowest BCUT2D eigenvalue weighted by molar-refractivity contribution is -0.113. The largest absolute Gasteiger partial charge is 0.329 e. The zero-order valence-electron chi connectivity index (χ0n) is 16.6. The van der Waals surface area contributed by atoms with Gasteiger partial charge in [-0.15, -0.1) is 0 Å². The highest BCUT2D eigenvalue weighted by Gasteiger charge is 2.34. The van der Waals surface area contributed by atoms with Crippen LogP contribution in [0.4, 0.5) is 16.0 Å². The van der Waals surface area contributed by atoms with Gasteiger partial charge in [0.1, 0.15) is 5.82 Å². The third-order valence-corrected chi connectivity index (χ3v) is 5.59. The molecule has 4 aromatic rings. The minimum absolute atomic E-state index is 0.287. The maximum atomic E-state index is 14.2. The minimum Gasteiger partial charge on any atom is -0.329 e. The molecule has 1 aromatic heterocycles. The summed E-state index contributed by atoms with van der Waals surface area (Å²) in [7, 11) is 0. The van der Waals surface area contributed by atoms with Gasteiger partial charge in [-0.2, -0.15) is 0 Å². The standard InChI is InChI=1S/C24H18ClFN4O/c1-14-21(23(31)28-18-11-9-16(25)10-12-18)22(15-5-4-6-17(26)13-15)30-20-8-3-2-7-19(20)29-24(30)27-14/h2-13,22H,1H3,(H,27,29)(H,28,31)/t22-/m0/s1. The van der Waals surface area contributed by atoms with Crippen molar-refractivity contribution in [3.63, 3.8) is 0 Å².